The molecule has 1 unspecified atom stereocenters. The number of primary amides is 1. The summed E-state index contributed by atoms with van der Waals surface area (Å²) in [5, 5.41) is 18.4. The third-order valence-corrected chi connectivity index (χ3v) is 4.35. The largest absolute Gasteiger partial charge is 0.351 e. The van der Waals surface area contributed by atoms with Gasteiger partial charge in [0.2, 0.25) is 5.91 Å². The van der Waals surface area contributed by atoms with Crippen molar-refractivity contribution in [3.05, 3.63) is 63.2 Å². The molecule has 0 bridgehead atoms. The van der Waals surface area contributed by atoms with Crippen molar-refractivity contribution in [2.75, 3.05) is 10.6 Å². The van der Waals surface area contributed by atoms with Gasteiger partial charge in [-0.25, -0.2) is 4.79 Å². The van der Waals surface area contributed by atoms with E-state index in [0.29, 0.717) is 11.4 Å². The van der Waals surface area contributed by atoms with Gasteiger partial charge in [-0.15, -0.1) is 0 Å². The van der Waals surface area contributed by atoms with Crippen LogP contribution >= 0.6 is 11.6 Å². The average Bonchev–Trinajstić information content (AvgIpc) is 2.65. The average molecular weight is 434 g/mol. The van der Waals surface area contributed by atoms with Crippen molar-refractivity contribution in [1.82, 2.24) is 5.32 Å². The number of halogens is 1. The SMILES string of the molecule is CC(C)C(NC(=O)c1ccc([N+](=O)[O-])cc1Cl)C(=O)Nc1cccc(NC(N)=O)c1. The summed E-state index contributed by atoms with van der Waals surface area (Å²) in [6.07, 6.45) is 0. The van der Waals surface area contributed by atoms with Crippen LogP contribution in [0.3, 0.4) is 0 Å². The molecule has 0 aliphatic heterocycles. The fourth-order valence-corrected chi connectivity index (χ4v) is 2.85. The first-order valence-corrected chi connectivity index (χ1v) is 9.18. The Balaban J connectivity index is 2.15. The molecule has 0 aromatic heterocycles. The lowest BCUT2D eigenvalue weighted by atomic mass is 10.0. The van der Waals surface area contributed by atoms with Crippen molar-refractivity contribution in [2.45, 2.75) is 19.9 Å². The zero-order valence-electron chi connectivity index (χ0n) is 16.1. The number of urea groups is 1. The Bertz CT molecular complexity index is 995. The molecule has 1 atom stereocenters. The molecular formula is C19H20ClN5O5. The minimum absolute atomic E-state index is 0.00775. The lowest BCUT2D eigenvalue weighted by Gasteiger charge is -2.22. The molecule has 30 heavy (non-hydrogen) atoms. The highest BCUT2D eigenvalue weighted by atomic mass is 35.5. The molecular weight excluding hydrogens is 414 g/mol. The normalized spacial score (nSPS) is 11.5. The number of nitro benzene ring substituents is 1. The van der Waals surface area contributed by atoms with Crippen LogP contribution in [0, 0.1) is 16.0 Å². The number of amides is 4. The molecule has 0 aliphatic carbocycles. The number of carbonyl (C=O) groups is 3. The van der Waals surface area contributed by atoms with Crippen LogP contribution in [-0.4, -0.2) is 28.8 Å². The van der Waals surface area contributed by atoms with Gasteiger partial charge in [0, 0.05) is 23.5 Å². The van der Waals surface area contributed by atoms with Crippen molar-refractivity contribution < 1.29 is 19.3 Å². The molecule has 0 radical (unpaired) electrons. The van der Waals surface area contributed by atoms with Gasteiger partial charge in [0.1, 0.15) is 6.04 Å². The Morgan fingerprint density at radius 3 is 2.23 bits per heavy atom. The van der Waals surface area contributed by atoms with Gasteiger partial charge < -0.3 is 21.7 Å². The molecule has 11 heteroatoms. The van der Waals surface area contributed by atoms with Gasteiger partial charge in [-0.1, -0.05) is 31.5 Å². The number of nitro groups is 1. The van der Waals surface area contributed by atoms with E-state index in [9.17, 15) is 24.5 Å². The first-order valence-electron chi connectivity index (χ1n) is 8.80. The first-order chi connectivity index (χ1) is 14.1. The van der Waals surface area contributed by atoms with E-state index in [2.05, 4.69) is 16.0 Å². The highest BCUT2D eigenvalue weighted by Crippen LogP contribution is 2.23. The topological polar surface area (TPSA) is 156 Å². The van der Waals surface area contributed by atoms with Gasteiger partial charge in [0.05, 0.1) is 15.5 Å². The van der Waals surface area contributed by atoms with Crippen LogP contribution in [0.5, 0.6) is 0 Å². The number of carbonyl (C=O) groups excluding carboxylic acids is 3. The summed E-state index contributed by atoms with van der Waals surface area (Å²) in [6.45, 7) is 3.49. The summed E-state index contributed by atoms with van der Waals surface area (Å²) >= 11 is 5.99. The zero-order valence-corrected chi connectivity index (χ0v) is 16.9. The Kier molecular flexibility index (Phi) is 7.32. The van der Waals surface area contributed by atoms with Crippen molar-refractivity contribution >= 4 is 46.5 Å². The number of non-ortho nitro benzene ring substituents is 1. The maximum Gasteiger partial charge on any atom is 0.316 e. The highest BCUT2D eigenvalue weighted by molar-refractivity contribution is 6.34. The number of nitrogens with zero attached hydrogens (tertiary/aromatic N) is 1. The molecule has 0 saturated heterocycles. The number of nitrogens with two attached hydrogens (primary N) is 1. The van der Waals surface area contributed by atoms with Crippen LogP contribution in [0.2, 0.25) is 5.02 Å². The van der Waals surface area contributed by atoms with Crippen LogP contribution in [0.4, 0.5) is 21.9 Å². The van der Waals surface area contributed by atoms with E-state index in [-0.39, 0.29) is 22.2 Å². The molecule has 10 nitrogen and oxygen atoms in total. The summed E-state index contributed by atoms with van der Waals surface area (Å²) in [5.74, 6) is -1.42. The van der Waals surface area contributed by atoms with Gasteiger partial charge in [-0.3, -0.25) is 19.7 Å². The van der Waals surface area contributed by atoms with Crippen LogP contribution in [0.25, 0.3) is 0 Å². The molecule has 0 aliphatic rings. The molecule has 0 heterocycles. The predicted molar refractivity (Wildman–Crippen MR) is 112 cm³/mol. The Morgan fingerprint density at radius 1 is 1.07 bits per heavy atom. The van der Waals surface area contributed by atoms with Crippen molar-refractivity contribution in [3.63, 3.8) is 0 Å². The van der Waals surface area contributed by atoms with Gasteiger partial charge >= 0.3 is 6.03 Å². The van der Waals surface area contributed by atoms with E-state index in [1.165, 1.54) is 12.1 Å². The molecule has 0 spiro atoms. The maximum atomic E-state index is 12.7. The van der Waals surface area contributed by atoms with Gasteiger partial charge in [-0.05, 0) is 30.2 Å². The maximum absolute atomic E-state index is 12.7. The quantitative estimate of drug-likeness (QED) is 0.389. The number of hydrogen-bond acceptors (Lipinski definition) is 5. The Morgan fingerprint density at radius 2 is 1.70 bits per heavy atom. The molecule has 2 aromatic carbocycles. The van der Waals surface area contributed by atoms with E-state index in [0.717, 1.165) is 12.1 Å². The molecule has 4 amide bonds. The lowest BCUT2D eigenvalue weighted by molar-refractivity contribution is -0.384. The summed E-state index contributed by atoms with van der Waals surface area (Å²) in [4.78, 5) is 46.5. The smallest absolute Gasteiger partial charge is 0.316 e. The van der Waals surface area contributed by atoms with Gasteiger partial charge in [-0.2, -0.15) is 0 Å². The Hall–Kier alpha value is -3.66. The van der Waals surface area contributed by atoms with Crippen LogP contribution in [0.1, 0.15) is 24.2 Å². The van der Waals surface area contributed by atoms with Crippen molar-refractivity contribution in [3.8, 4) is 0 Å². The first kappa shape index (κ1) is 22.6. The van der Waals surface area contributed by atoms with E-state index in [1.54, 1.807) is 32.0 Å². The number of benzene rings is 2. The molecule has 0 saturated carbocycles. The highest BCUT2D eigenvalue weighted by Gasteiger charge is 2.26. The third-order valence-electron chi connectivity index (χ3n) is 4.04. The van der Waals surface area contributed by atoms with Crippen LogP contribution in [-0.2, 0) is 4.79 Å². The molecule has 158 valence electrons. The summed E-state index contributed by atoms with van der Waals surface area (Å²) in [5.41, 5.74) is 5.62. The van der Waals surface area contributed by atoms with Crippen LogP contribution in [0.15, 0.2) is 42.5 Å². The minimum Gasteiger partial charge on any atom is -0.351 e. The van der Waals surface area contributed by atoms with E-state index in [1.807, 2.05) is 0 Å². The minimum atomic E-state index is -0.920. The molecule has 2 rings (SSSR count). The fourth-order valence-electron chi connectivity index (χ4n) is 2.59. The second kappa shape index (κ2) is 9.70. The van der Waals surface area contributed by atoms with Gasteiger partial charge in [0.25, 0.3) is 11.6 Å². The molecule has 5 N–H and O–H groups in total. The lowest BCUT2D eigenvalue weighted by Crippen LogP contribution is -2.47. The van der Waals surface area contributed by atoms with E-state index < -0.39 is 28.8 Å². The van der Waals surface area contributed by atoms with Gasteiger partial charge in [0.15, 0.2) is 0 Å². The van der Waals surface area contributed by atoms with Crippen LogP contribution < -0.4 is 21.7 Å². The van der Waals surface area contributed by atoms with Crippen molar-refractivity contribution in [2.24, 2.45) is 11.7 Å². The monoisotopic (exact) mass is 433 g/mol. The molecule has 0 fully saturated rings. The Labute approximate surface area is 176 Å². The fraction of sp³-hybridized carbons (Fsp3) is 0.211. The second-order valence-electron chi connectivity index (χ2n) is 6.68. The van der Waals surface area contributed by atoms with Crippen molar-refractivity contribution in [1.29, 1.82) is 0 Å². The standard InChI is InChI=1S/C19H20ClN5O5/c1-10(2)16(18(27)22-11-4-3-5-12(8-11)23-19(21)28)24-17(26)14-7-6-13(25(29)30)9-15(14)20/h3-10,16H,1-2H3,(H,22,27)(H,24,26)(H3,21,23,28). The second-order valence-corrected chi connectivity index (χ2v) is 7.08. The molecule has 2 aromatic rings. The van der Waals surface area contributed by atoms with E-state index in [4.69, 9.17) is 17.3 Å². The predicted octanol–water partition coefficient (Wildman–Crippen LogP) is 3.13. The summed E-state index contributed by atoms with van der Waals surface area (Å²) < 4.78 is 0. The number of hydrogen-bond donors (Lipinski definition) is 4. The summed E-state index contributed by atoms with van der Waals surface area (Å²) in [6, 6.07) is 8.11. The number of nitrogens with one attached hydrogen (secondary N) is 3. The third kappa shape index (κ3) is 5.92. The number of rotatable bonds is 7. The van der Waals surface area contributed by atoms with E-state index >= 15 is 0 Å². The number of anilines is 2. The summed E-state index contributed by atoms with van der Waals surface area (Å²) in [7, 11) is 0. The zero-order chi connectivity index (χ0) is 22.4.